The summed E-state index contributed by atoms with van der Waals surface area (Å²) in [5.74, 6) is 1.38. The molecule has 0 saturated carbocycles. The number of piperidine rings is 1. The smallest absolute Gasteiger partial charge is 0.276 e. The molecule has 0 amide bonds. The topological polar surface area (TPSA) is 75.0 Å². The maximum atomic E-state index is 11.3. The van der Waals surface area contributed by atoms with Crippen molar-refractivity contribution in [2.75, 3.05) is 23.7 Å². The van der Waals surface area contributed by atoms with Gasteiger partial charge in [-0.1, -0.05) is 6.92 Å². The van der Waals surface area contributed by atoms with Crippen LogP contribution in [0.1, 0.15) is 19.8 Å². The lowest BCUT2D eigenvalue weighted by atomic mass is 9.99. The molecule has 5 heteroatoms. The monoisotopic (exact) mass is 208 g/mol. The van der Waals surface area contributed by atoms with Crippen molar-refractivity contribution < 1.29 is 0 Å². The number of nitrogens with two attached hydrogens (primary N) is 1. The van der Waals surface area contributed by atoms with Crippen LogP contribution in [0.4, 0.5) is 11.5 Å². The van der Waals surface area contributed by atoms with Crippen molar-refractivity contribution in [3.63, 3.8) is 0 Å². The van der Waals surface area contributed by atoms with Crippen LogP contribution in [0, 0.1) is 5.92 Å². The number of anilines is 2. The van der Waals surface area contributed by atoms with E-state index in [0.717, 1.165) is 31.8 Å². The van der Waals surface area contributed by atoms with E-state index in [1.807, 2.05) is 0 Å². The Morgan fingerprint density at radius 3 is 2.87 bits per heavy atom. The molecule has 1 aliphatic rings. The van der Waals surface area contributed by atoms with E-state index >= 15 is 0 Å². The molecule has 2 rings (SSSR count). The number of hydrogen-bond acceptors (Lipinski definition) is 4. The maximum absolute atomic E-state index is 11.3. The molecule has 3 N–H and O–H groups in total. The predicted molar refractivity (Wildman–Crippen MR) is 59.9 cm³/mol. The van der Waals surface area contributed by atoms with E-state index in [1.165, 1.54) is 6.33 Å². The van der Waals surface area contributed by atoms with Gasteiger partial charge in [0.1, 0.15) is 5.69 Å². The molecule has 0 spiro atoms. The lowest BCUT2D eigenvalue weighted by molar-refractivity contribution is 0.436. The van der Waals surface area contributed by atoms with E-state index in [4.69, 9.17) is 5.73 Å². The van der Waals surface area contributed by atoms with Gasteiger partial charge in [0, 0.05) is 13.1 Å². The van der Waals surface area contributed by atoms with Crippen LogP contribution in [0.3, 0.4) is 0 Å². The fraction of sp³-hybridized carbons (Fsp3) is 0.600. The third-order valence-corrected chi connectivity index (χ3v) is 2.95. The molecule has 2 heterocycles. The van der Waals surface area contributed by atoms with Gasteiger partial charge in [-0.2, -0.15) is 0 Å². The molecule has 0 aliphatic carbocycles. The van der Waals surface area contributed by atoms with Crippen molar-refractivity contribution in [1.82, 2.24) is 9.97 Å². The minimum atomic E-state index is -0.251. The summed E-state index contributed by atoms with van der Waals surface area (Å²) >= 11 is 0. The Kier molecular flexibility index (Phi) is 2.62. The summed E-state index contributed by atoms with van der Waals surface area (Å²) in [5, 5.41) is 0. The molecule has 0 unspecified atom stereocenters. The summed E-state index contributed by atoms with van der Waals surface area (Å²) in [6.07, 6.45) is 3.67. The minimum Gasteiger partial charge on any atom is -0.391 e. The van der Waals surface area contributed by atoms with Crippen LogP contribution < -0.4 is 16.2 Å². The van der Waals surface area contributed by atoms with Crippen LogP contribution >= 0.6 is 0 Å². The summed E-state index contributed by atoms with van der Waals surface area (Å²) in [4.78, 5) is 20.0. The molecule has 0 atom stereocenters. The van der Waals surface area contributed by atoms with Crippen LogP contribution in [-0.2, 0) is 0 Å². The van der Waals surface area contributed by atoms with Crippen LogP contribution in [0.2, 0.25) is 0 Å². The van der Waals surface area contributed by atoms with Crippen molar-refractivity contribution in [1.29, 1.82) is 0 Å². The van der Waals surface area contributed by atoms with Gasteiger partial charge < -0.3 is 15.6 Å². The zero-order valence-electron chi connectivity index (χ0n) is 8.86. The molecule has 0 aromatic carbocycles. The maximum Gasteiger partial charge on any atom is 0.276 e. The van der Waals surface area contributed by atoms with E-state index in [9.17, 15) is 4.79 Å². The van der Waals surface area contributed by atoms with Crippen molar-refractivity contribution in [3.8, 4) is 0 Å². The molecule has 5 nitrogen and oxygen atoms in total. The normalized spacial score (nSPS) is 18.1. The van der Waals surface area contributed by atoms with Crippen molar-refractivity contribution in [2.45, 2.75) is 19.8 Å². The van der Waals surface area contributed by atoms with Gasteiger partial charge in [0.15, 0.2) is 5.82 Å². The average Bonchev–Trinajstić information content (AvgIpc) is 2.24. The zero-order chi connectivity index (χ0) is 10.8. The zero-order valence-corrected chi connectivity index (χ0v) is 8.86. The number of aromatic nitrogens is 2. The Balaban J connectivity index is 2.23. The van der Waals surface area contributed by atoms with Gasteiger partial charge in [-0.3, -0.25) is 4.79 Å². The Hall–Kier alpha value is -1.52. The molecule has 1 saturated heterocycles. The second kappa shape index (κ2) is 3.92. The largest absolute Gasteiger partial charge is 0.391 e. The predicted octanol–water partition coefficient (Wildman–Crippen LogP) is 0.588. The van der Waals surface area contributed by atoms with Crippen LogP contribution in [0.25, 0.3) is 0 Å². The van der Waals surface area contributed by atoms with E-state index < -0.39 is 0 Å². The molecule has 1 fully saturated rings. The first-order chi connectivity index (χ1) is 7.18. The van der Waals surface area contributed by atoms with Crippen molar-refractivity contribution >= 4 is 11.5 Å². The number of nitrogens with zero attached hydrogens (tertiary/aromatic N) is 2. The Labute approximate surface area is 88.3 Å². The third-order valence-electron chi connectivity index (χ3n) is 2.95. The summed E-state index contributed by atoms with van der Waals surface area (Å²) in [7, 11) is 0. The number of nitrogen functional groups attached to an aromatic ring is 1. The fourth-order valence-corrected chi connectivity index (χ4v) is 1.87. The highest BCUT2D eigenvalue weighted by atomic mass is 16.1. The highest BCUT2D eigenvalue weighted by Crippen LogP contribution is 2.23. The standard InChI is InChI=1S/C10H16N4O/c1-7-2-4-14(5-3-7)9-8(11)10(15)13-6-12-9/h6-7H,2-5,11H2,1H3,(H,12,13,15). The minimum absolute atomic E-state index is 0.229. The van der Waals surface area contributed by atoms with E-state index in [-0.39, 0.29) is 11.2 Å². The summed E-state index contributed by atoms with van der Waals surface area (Å²) in [6, 6.07) is 0. The van der Waals surface area contributed by atoms with Gasteiger partial charge in [0.25, 0.3) is 5.56 Å². The molecule has 0 radical (unpaired) electrons. The summed E-state index contributed by atoms with van der Waals surface area (Å²) in [5.41, 5.74) is 5.68. The van der Waals surface area contributed by atoms with Crippen LogP contribution in [0.15, 0.2) is 11.1 Å². The summed E-state index contributed by atoms with van der Waals surface area (Å²) < 4.78 is 0. The SMILES string of the molecule is CC1CCN(c2nc[nH]c(=O)c2N)CC1. The fourth-order valence-electron chi connectivity index (χ4n) is 1.87. The van der Waals surface area contributed by atoms with Gasteiger partial charge >= 0.3 is 0 Å². The number of H-pyrrole nitrogens is 1. The molecule has 1 aromatic heterocycles. The third kappa shape index (κ3) is 1.95. The number of nitrogens with one attached hydrogen (secondary N) is 1. The average molecular weight is 208 g/mol. The molecule has 15 heavy (non-hydrogen) atoms. The van der Waals surface area contributed by atoms with Crippen LogP contribution in [0.5, 0.6) is 0 Å². The molecular formula is C10H16N4O. The van der Waals surface area contributed by atoms with Crippen LogP contribution in [-0.4, -0.2) is 23.1 Å². The van der Waals surface area contributed by atoms with Crippen molar-refractivity contribution in [2.24, 2.45) is 5.92 Å². The molecule has 0 bridgehead atoms. The Morgan fingerprint density at radius 1 is 1.53 bits per heavy atom. The Bertz CT molecular complexity index is 393. The first-order valence-corrected chi connectivity index (χ1v) is 5.26. The van der Waals surface area contributed by atoms with Gasteiger partial charge in [-0.05, 0) is 18.8 Å². The first kappa shape index (κ1) is 10.0. The van der Waals surface area contributed by atoms with Gasteiger partial charge in [0.2, 0.25) is 0 Å². The number of hydrogen-bond donors (Lipinski definition) is 2. The van der Waals surface area contributed by atoms with Gasteiger partial charge in [-0.15, -0.1) is 0 Å². The van der Waals surface area contributed by atoms with Gasteiger partial charge in [-0.25, -0.2) is 4.98 Å². The Morgan fingerprint density at radius 2 is 2.20 bits per heavy atom. The highest BCUT2D eigenvalue weighted by Gasteiger charge is 2.19. The van der Waals surface area contributed by atoms with Crippen molar-refractivity contribution in [3.05, 3.63) is 16.7 Å². The van der Waals surface area contributed by atoms with E-state index in [2.05, 4.69) is 21.8 Å². The first-order valence-electron chi connectivity index (χ1n) is 5.26. The molecule has 82 valence electrons. The van der Waals surface area contributed by atoms with E-state index in [0.29, 0.717) is 5.82 Å². The van der Waals surface area contributed by atoms with E-state index in [1.54, 1.807) is 0 Å². The quantitative estimate of drug-likeness (QED) is 0.708. The molecular weight excluding hydrogens is 192 g/mol. The summed E-state index contributed by atoms with van der Waals surface area (Å²) in [6.45, 7) is 4.11. The number of aromatic amines is 1. The second-order valence-electron chi connectivity index (χ2n) is 4.14. The highest BCUT2D eigenvalue weighted by molar-refractivity contribution is 5.60. The molecule has 1 aliphatic heterocycles. The molecule has 1 aromatic rings. The van der Waals surface area contributed by atoms with Gasteiger partial charge in [0.05, 0.1) is 6.33 Å². The second-order valence-corrected chi connectivity index (χ2v) is 4.14. The lowest BCUT2D eigenvalue weighted by Crippen LogP contribution is -2.35. The number of rotatable bonds is 1. The lowest BCUT2D eigenvalue weighted by Gasteiger charge is -2.31.